The van der Waals surface area contributed by atoms with Gasteiger partial charge in [-0.05, 0) is 0 Å². The Morgan fingerprint density at radius 1 is 0.762 bits per heavy atom. The van der Waals surface area contributed by atoms with E-state index < -0.39 is 21.3 Å². The van der Waals surface area contributed by atoms with Gasteiger partial charge in [0, 0.05) is 0 Å². The molecule has 0 nitrogen and oxygen atoms in total. The SMILES string of the molecule is CC(C)(C)C1=CC[C](/[Zr+2](=[CH]\c2ccccc2)[CH]2c3cc4c(cc3-c3cc5c(cc32)C(C)(C)C=C5)C=CC4(C)C)=C1.[Cl-].[Cl-]. The second kappa shape index (κ2) is 10.8. The summed E-state index contributed by atoms with van der Waals surface area (Å²) in [4.78, 5) is 0. The minimum atomic E-state index is -2.45. The summed E-state index contributed by atoms with van der Waals surface area (Å²) in [5.74, 6) is 0. The number of halogens is 2. The van der Waals surface area contributed by atoms with E-state index in [1.807, 2.05) is 0 Å². The Morgan fingerprint density at radius 2 is 1.29 bits per heavy atom. The topological polar surface area (TPSA) is 0 Å². The molecular formula is C39H40Cl2Zr. The van der Waals surface area contributed by atoms with Gasteiger partial charge in [-0.1, -0.05) is 0 Å². The van der Waals surface area contributed by atoms with E-state index in [2.05, 4.69) is 143 Å². The van der Waals surface area contributed by atoms with Crippen LogP contribution in [0.1, 0.15) is 97.5 Å². The summed E-state index contributed by atoms with van der Waals surface area (Å²) < 4.78 is 4.97. The summed E-state index contributed by atoms with van der Waals surface area (Å²) >= 11 is -2.45. The molecule has 0 heterocycles. The average molecular weight is 671 g/mol. The predicted octanol–water partition coefficient (Wildman–Crippen LogP) is 4.10. The summed E-state index contributed by atoms with van der Waals surface area (Å²) in [5.41, 5.74) is 15.2. The molecule has 0 aliphatic heterocycles. The molecule has 3 aromatic carbocycles. The third-order valence-electron chi connectivity index (χ3n) is 9.64. The second-order valence-corrected chi connectivity index (χ2v) is 20.3. The van der Waals surface area contributed by atoms with Crippen LogP contribution >= 0.6 is 0 Å². The quantitative estimate of drug-likeness (QED) is 0.394. The third-order valence-corrected chi connectivity index (χ3v) is 17.0. The molecule has 0 saturated carbocycles. The van der Waals surface area contributed by atoms with Gasteiger partial charge in [0.15, 0.2) is 0 Å². The first kappa shape index (κ1) is 31.4. The molecule has 3 aromatic rings. The number of hydrogen-bond acceptors (Lipinski definition) is 0. The fourth-order valence-corrected chi connectivity index (χ4v) is 14.8. The van der Waals surface area contributed by atoms with Gasteiger partial charge in [0.25, 0.3) is 0 Å². The van der Waals surface area contributed by atoms with Crippen molar-refractivity contribution in [2.75, 3.05) is 0 Å². The van der Waals surface area contributed by atoms with Gasteiger partial charge in [-0.15, -0.1) is 0 Å². The molecule has 0 radical (unpaired) electrons. The Kier molecular flexibility index (Phi) is 8.10. The van der Waals surface area contributed by atoms with Crippen LogP contribution in [0.3, 0.4) is 0 Å². The van der Waals surface area contributed by atoms with Crippen molar-refractivity contribution in [3.05, 3.63) is 127 Å². The van der Waals surface area contributed by atoms with Crippen LogP contribution in [0.2, 0.25) is 0 Å². The zero-order valence-corrected chi connectivity index (χ0v) is 29.7. The standard InChI is InChI=1S/C23H21.C9H13.C7H6.2ClH.Zr/c1-22(2)7-5-14-10-18-16(12-20(14)22)9-17-13-21-15(11-19(17)18)6-8-23(21,3)4;1-9(2,3)8-6-4-5-7-8;1-7-5-3-2-4-6-7;;;/h5-13H,1-4H3;6-7H,4H2,1-3H3;1-6H;2*1H;/q;;;;;+2/p-2. The molecule has 0 spiro atoms. The van der Waals surface area contributed by atoms with Crippen molar-refractivity contribution in [2.45, 2.75) is 69.3 Å². The van der Waals surface area contributed by atoms with Gasteiger partial charge in [-0.2, -0.15) is 0 Å². The van der Waals surface area contributed by atoms with Crippen molar-refractivity contribution in [3.63, 3.8) is 0 Å². The molecule has 0 atom stereocenters. The molecule has 0 saturated heterocycles. The van der Waals surface area contributed by atoms with Crippen LogP contribution in [0.5, 0.6) is 0 Å². The first-order valence-corrected chi connectivity index (χ1v) is 18.9. The average Bonchev–Trinajstić information content (AvgIpc) is 3.65. The Hall–Kier alpha value is -2.05. The van der Waals surface area contributed by atoms with E-state index in [1.165, 1.54) is 44.5 Å². The van der Waals surface area contributed by atoms with E-state index in [4.69, 9.17) is 0 Å². The first-order chi connectivity index (χ1) is 18.9. The molecule has 214 valence electrons. The van der Waals surface area contributed by atoms with Gasteiger partial charge in [-0.25, -0.2) is 0 Å². The fourth-order valence-electron chi connectivity index (χ4n) is 7.22. The maximum Gasteiger partial charge on any atom is -1.00 e. The number of allylic oxidation sites excluding steroid dienone is 6. The largest absolute Gasteiger partial charge is 1.00 e. The monoisotopic (exact) mass is 668 g/mol. The molecule has 0 unspecified atom stereocenters. The van der Waals surface area contributed by atoms with Crippen molar-refractivity contribution < 1.29 is 46.1 Å². The van der Waals surface area contributed by atoms with Gasteiger partial charge in [0.05, 0.1) is 0 Å². The number of fused-ring (bicyclic) bond motifs is 5. The van der Waals surface area contributed by atoms with Gasteiger partial charge in [0.2, 0.25) is 0 Å². The molecule has 3 heteroatoms. The van der Waals surface area contributed by atoms with Crippen LogP contribution in [-0.4, -0.2) is 3.71 Å². The van der Waals surface area contributed by atoms with Crippen LogP contribution in [-0.2, 0) is 32.1 Å². The number of rotatable bonds is 3. The Bertz CT molecular complexity index is 1660. The maximum absolute atomic E-state index is 2.75. The number of benzene rings is 3. The third kappa shape index (κ3) is 5.09. The van der Waals surface area contributed by atoms with Crippen LogP contribution in [0, 0.1) is 5.41 Å². The zero-order chi connectivity index (χ0) is 28.0. The molecule has 0 fully saturated rings. The zero-order valence-electron chi connectivity index (χ0n) is 25.8. The Morgan fingerprint density at radius 3 is 1.76 bits per heavy atom. The molecule has 0 bridgehead atoms. The molecule has 0 N–H and O–H groups in total. The van der Waals surface area contributed by atoms with E-state index in [-0.39, 0.29) is 41.1 Å². The van der Waals surface area contributed by atoms with Crippen molar-refractivity contribution in [3.8, 4) is 11.1 Å². The van der Waals surface area contributed by atoms with E-state index in [0.717, 1.165) is 6.42 Å². The van der Waals surface area contributed by atoms with E-state index in [0.29, 0.717) is 3.63 Å². The molecule has 4 aliphatic carbocycles. The summed E-state index contributed by atoms with van der Waals surface area (Å²) in [6.45, 7) is 16.6. The first-order valence-electron chi connectivity index (χ1n) is 14.9. The maximum atomic E-state index is 2.75. The van der Waals surface area contributed by atoms with Crippen LogP contribution < -0.4 is 24.8 Å². The Balaban J connectivity index is 0.00000176. The summed E-state index contributed by atoms with van der Waals surface area (Å²) in [6, 6.07) is 21.5. The number of hydrogen-bond donors (Lipinski definition) is 0. The van der Waals surface area contributed by atoms with Crippen molar-refractivity contribution in [1.82, 2.24) is 0 Å². The van der Waals surface area contributed by atoms with E-state index in [1.54, 1.807) is 14.4 Å². The van der Waals surface area contributed by atoms with Gasteiger partial charge >= 0.3 is 250 Å². The molecule has 0 amide bonds. The van der Waals surface area contributed by atoms with Gasteiger partial charge in [0.1, 0.15) is 0 Å². The van der Waals surface area contributed by atoms with Crippen LogP contribution in [0.25, 0.3) is 23.3 Å². The van der Waals surface area contributed by atoms with Crippen molar-refractivity contribution in [2.24, 2.45) is 5.41 Å². The molecule has 0 aromatic heterocycles. The fraction of sp³-hybridized carbons (Fsp3) is 0.308. The van der Waals surface area contributed by atoms with Crippen molar-refractivity contribution >= 4 is 15.9 Å². The molecule has 7 rings (SSSR count). The van der Waals surface area contributed by atoms with Gasteiger partial charge in [-0.3, -0.25) is 0 Å². The van der Waals surface area contributed by atoms with E-state index in [9.17, 15) is 0 Å². The minimum absolute atomic E-state index is 0. The smallest absolute Gasteiger partial charge is 1.00 e. The summed E-state index contributed by atoms with van der Waals surface area (Å²) in [6.07, 6.45) is 15.8. The summed E-state index contributed by atoms with van der Waals surface area (Å²) in [7, 11) is 0. The minimum Gasteiger partial charge on any atom is -1.00 e. The predicted molar refractivity (Wildman–Crippen MR) is 170 cm³/mol. The Labute approximate surface area is 272 Å². The van der Waals surface area contributed by atoms with Gasteiger partial charge < -0.3 is 24.8 Å². The molecular weight excluding hydrogens is 631 g/mol. The molecule has 42 heavy (non-hydrogen) atoms. The molecule has 4 aliphatic rings. The second-order valence-electron chi connectivity index (χ2n) is 14.4. The van der Waals surface area contributed by atoms with Crippen LogP contribution in [0.15, 0.2) is 87.8 Å². The summed E-state index contributed by atoms with van der Waals surface area (Å²) in [5, 5.41) is 0. The van der Waals surface area contributed by atoms with Crippen LogP contribution in [0.4, 0.5) is 0 Å². The van der Waals surface area contributed by atoms with Crippen molar-refractivity contribution in [1.29, 1.82) is 0 Å². The van der Waals surface area contributed by atoms with E-state index >= 15 is 0 Å². The normalized spacial score (nSPS) is 18.5.